The number of furan rings is 1. The molecular formula is C29H27N3O5S2. The van der Waals surface area contributed by atoms with E-state index in [0.29, 0.717) is 34.3 Å². The van der Waals surface area contributed by atoms with Crippen LogP contribution in [0.2, 0.25) is 0 Å². The van der Waals surface area contributed by atoms with Crippen LogP contribution in [-0.2, 0) is 23.1 Å². The molecule has 0 saturated heterocycles. The highest BCUT2D eigenvalue weighted by atomic mass is 32.2. The summed E-state index contributed by atoms with van der Waals surface area (Å²) in [6, 6.07) is 24.6. The normalized spacial score (nSPS) is 11.7. The zero-order chi connectivity index (χ0) is 27.4. The molecule has 0 N–H and O–H groups in total. The molecule has 2 aromatic heterocycles. The average Bonchev–Trinajstić information content (AvgIpc) is 3.64. The number of hydrogen-bond acceptors (Lipinski definition) is 7. The fourth-order valence-electron chi connectivity index (χ4n) is 4.15. The number of amides is 1. The van der Waals surface area contributed by atoms with Crippen LogP contribution < -0.4 is 9.64 Å². The molecule has 10 heteroatoms. The number of ether oxygens (including phenoxy) is 1. The van der Waals surface area contributed by atoms with Gasteiger partial charge in [-0.05, 0) is 54.1 Å². The molecule has 39 heavy (non-hydrogen) atoms. The van der Waals surface area contributed by atoms with E-state index in [4.69, 9.17) is 9.15 Å². The van der Waals surface area contributed by atoms with Gasteiger partial charge in [0.2, 0.25) is 10.0 Å². The van der Waals surface area contributed by atoms with Gasteiger partial charge in [-0.3, -0.25) is 9.69 Å². The van der Waals surface area contributed by atoms with Crippen LogP contribution in [0.3, 0.4) is 0 Å². The van der Waals surface area contributed by atoms with Crippen LogP contribution >= 0.6 is 11.3 Å². The lowest BCUT2D eigenvalue weighted by atomic mass is 10.2. The summed E-state index contributed by atoms with van der Waals surface area (Å²) in [4.78, 5) is 20.1. The van der Waals surface area contributed by atoms with Crippen molar-refractivity contribution in [3.05, 3.63) is 108 Å². The average molecular weight is 562 g/mol. The molecule has 5 aromatic rings. The zero-order valence-corrected chi connectivity index (χ0v) is 23.1. The van der Waals surface area contributed by atoms with Crippen molar-refractivity contribution < 1.29 is 22.4 Å². The number of methoxy groups -OCH3 is 1. The van der Waals surface area contributed by atoms with E-state index in [2.05, 4.69) is 4.98 Å². The van der Waals surface area contributed by atoms with E-state index < -0.39 is 10.0 Å². The third kappa shape index (κ3) is 5.73. The molecule has 0 fully saturated rings. The molecule has 0 saturated carbocycles. The van der Waals surface area contributed by atoms with Crippen LogP contribution in [0.5, 0.6) is 5.75 Å². The van der Waals surface area contributed by atoms with Crippen LogP contribution in [0, 0.1) is 0 Å². The van der Waals surface area contributed by atoms with E-state index in [1.54, 1.807) is 32.4 Å². The smallest absolute Gasteiger partial charge is 0.260 e. The summed E-state index contributed by atoms with van der Waals surface area (Å²) in [5.74, 6) is 0.949. The molecule has 0 radical (unpaired) electrons. The number of rotatable bonds is 10. The summed E-state index contributed by atoms with van der Waals surface area (Å²) in [7, 11) is -2.17. The molecule has 3 aromatic carbocycles. The fraction of sp³-hybridized carbons (Fsp3) is 0.172. The van der Waals surface area contributed by atoms with E-state index in [-0.39, 0.29) is 23.9 Å². The number of hydrogen-bond donors (Lipinski definition) is 0. The van der Waals surface area contributed by atoms with Gasteiger partial charge in [-0.15, -0.1) is 0 Å². The lowest BCUT2D eigenvalue weighted by Gasteiger charge is -2.21. The van der Waals surface area contributed by atoms with Crippen LogP contribution in [0.25, 0.3) is 10.2 Å². The van der Waals surface area contributed by atoms with Crippen LogP contribution in [0.1, 0.15) is 28.6 Å². The predicted molar refractivity (Wildman–Crippen MR) is 152 cm³/mol. The number of carbonyl (C=O) groups is 1. The van der Waals surface area contributed by atoms with Gasteiger partial charge in [-0.25, -0.2) is 13.4 Å². The van der Waals surface area contributed by atoms with E-state index in [9.17, 15) is 13.2 Å². The Morgan fingerprint density at radius 1 is 0.974 bits per heavy atom. The number of nitrogens with zero attached hydrogens (tertiary/aromatic N) is 3. The van der Waals surface area contributed by atoms with Gasteiger partial charge in [0.1, 0.15) is 11.5 Å². The quantitative estimate of drug-likeness (QED) is 0.209. The molecule has 200 valence electrons. The van der Waals surface area contributed by atoms with Crippen molar-refractivity contribution in [3.8, 4) is 5.75 Å². The third-order valence-corrected chi connectivity index (χ3v) is 9.24. The molecule has 0 unspecified atom stereocenters. The van der Waals surface area contributed by atoms with Crippen LogP contribution in [-0.4, -0.2) is 37.3 Å². The second kappa shape index (κ2) is 11.4. The van der Waals surface area contributed by atoms with Crippen molar-refractivity contribution in [2.45, 2.75) is 24.9 Å². The minimum absolute atomic E-state index is 0.126. The summed E-state index contributed by atoms with van der Waals surface area (Å²) < 4.78 is 39.9. The van der Waals surface area contributed by atoms with Crippen LogP contribution in [0.15, 0.2) is 101 Å². The van der Waals surface area contributed by atoms with Gasteiger partial charge in [0, 0.05) is 24.7 Å². The third-order valence-electron chi connectivity index (χ3n) is 6.25. The Morgan fingerprint density at radius 3 is 2.41 bits per heavy atom. The Kier molecular flexibility index (Phi) is 7.78. The highest BCUT2D eigenvalue weighted by Gasteiger charge is 2.26. The van der Waals surface area contributed by atoms with Crippen molar-refractivity contribution in [2.75, 3.05) is 18.6 Å². The maximum atomic E-state index is 13.7. The molecule has 0 bridgehead atoms. The van der Waals surface area contributed by atoms with Gasteiger partial charge >= 0.3 is 0 Å². The standard InChI is InChI=1S/C29H27N3O5S2/c1-3-31(19-21-8-5-4-6-9-21)39(34,35)25-14-11-22(12-15-25)28(33)32(20-24-10-7-17-37-24)29-30-26-18-23(36-2)13-16-27(26)38-29/h4-18H,3,19-20H2,1-2H3. The van der Waals surface area contributed by atoms with Gasteiger partial charge < -0.3 is 9.15 Å². The molecule has 2 heterocycles. The van der Waals surface area contributed by atoms with Gasteiger partial charge in [0.05, 0.1) is 35.0 Å². The number of sulfonamides is 1. The van der Waals surface area contributed by atoms with Crippen molar-refractivity contribution in [3.63, 3.8) is 0 Å². The fourth-order valence-corrected chi connectivity index (χ4v) is 6.53. The van der Waals surface area contributed by atoms with Crippen molar-refractivity contribution in [1.29, 1.82) is 0 Å². The van der Waals surface area contributed by atoms with E-state index in [1.807, 2.05) is 48.5 Å². The second-order valence-corrected chi connectivity index (χ2v) is 11.7. The minimum Gasteiger partial charge on any atom is -0.497 e. The van der Waals surface area contributed by atoms with E-state index in [0.717, 1.165) is 10.3 Å². The minimum atomic E-state index is -3.76. The molecule has 0 atom stereocenters. The summed E-state index contributed by atoms with van der Waals surface area (Å²) in [5, 5.41) is 0.497. The summed E-state index contributed by atoms with van der Waals surface area (Å²) in [5.41, 5.74) is 1.95. The number of aromatic nitrogens is 1. The predicted octanol–water partition coefficient (Wildman–Crippen LogP) is 5.96. The van der Waals surface area contributed by atoms with Gasteiger partial charge in [-0.1, -0.05) is 48.6 Å². The maximum absolute atomic E-state index is 13.7. The molecule has 0 aliphatic carbocycles. The van der Waals surface area contributed by atoms with Gasteiger partial charge in [0.25, 0.3) is 5.91 Å². The largest absolute Gasteiger partial charge is 0.497 e. The molecular weight excluding hydrogens is 534 g/mol. The summed E-state index contributed by atoms with van der Waals surface area (Å²) >= 11 is 1.38. The van der Waals surface area contributed by atoms with E-state index in [1.165, 1.54) is 44.8 Å². The topological polar surface area (TPSA) is 93.0 Å². The first-order valence-electron chi connectivity index (χ1n) is 12.3. The first kappa shape index (κ1) is 26.6. The zero-order valence-electron chi connectivity index (χ0n) is 21.5. The Labute approximate surface area is 231 Å². The van der Waals surface area contributed by atoms with Crippen molar-refractivity contribution in [2.24, 2.45) is 0 Å². The number of thiazole rings is 1. The summed E-state index contributed by atoms with van der Waals surface area (Å²) in [6.07, 6.45) is 1.55. The Balaban J connectivity index is 1.43. The molecule has 0 aliphatic heterocycles. The lowest BCUT2D eigenvalue weighted by Crippen LogP contribution is -2.31. The SMILES string of the molecule is CCN(Cc1ccccc1)S(=O)(=O)c1ccc(C(=O)N(Cc2ccco2)c2nc3cc(OC)ccc3s2)cc1. The molecule has 0 aliphatic rings. The first-order chi connectivity index (χ1) is 18.9. The molecule has 8 nitrogen and oxygen atoms in total. The number of carbonyl (C=O) groups excluding carboxylic acids is 1. The molecule has 0 spiro atoms. The van der Waals surface area contributed by atoms with E-state index >= 15 is 0 Å². The highest BCUT2D eigenvalue weighted by molar-refractivity contribution is 7.89. The lowest BCUT2D eigenvalue weighted by molar-refractivity contribution is 0.0983. The Bertz CT molecular complexity index is 1670. The molecule has 5 rings (SSSR count). The van der Waals surface area contributed by atoms with Gasteiger partial charge in [0.15, 0.2) is 5.13 Å². The molecule has 1 amide bonds. The Hall–Kier alpha value is -3.99. The van der Waals surface area contributed by atoms with Crippen molar-refractivity contribution in [1.82, 2.24) is 9.29 Å². The van der Waals surface area contributed by atoms with Crippen LogP contribution in [0.4, 0.5) is 5.13 Å². The number of anilines is 1. The first-order valence-corrected chi connectivity index (χ1v) is 14.6. The second-order valence-electron chi connectivity index (χ2n) is 8.74. The highest BCUT2D eigenvalue weighted by Crippen LogP contribution is 2.33. The van der Waals surface area contributed by atoms with Gasteiger partial charge in [-0.2, -0.15) is 4.31 Å². The van der Waals surface area contributed by atoms with Crippen molar-refractivity contribution >= 4 is 42.6 Å². The summed E-state index contributed by atoms with van der Waals surface area (Å²) in [6.45, 7) is 2.55. The monoisotopic (exact) mass is 561 g/mol. The Morgan fingerprint density at radius 2 is 1.74 bits per heavy atom. The number of benzene rings is 3. The number of fused-ring (bicyclic) bond motifs is 1. The maximum Gasteiger partial charge on any atom is 0.260 e.